The largest absolute Gasteiger partial charge is 0.378 e. The van der Waals surface area contributed by atoms with Crippen molar-refractivity contribution in [3.63, 3.8) is 0 Å². The summed E-state index contributed by atoms with van der Waals surface area (Å²) < 4.78 is 0. The second-order valence-corrected chi connectivity index (χ2v) is 6.39. The lowest BCUT2D eigenvalue weighted by molar-refractivity contribution is -0.149. The summed E-state index contributed by atoms with van der Waals surface area (Å²) in [4.78, 5) is 27.6. The highest BCUT2D eigenvalue weighted by Crippen LogP contribution is 2.31. The molecule has 2 atom stereocenters. The first kappa shape index (κ1) is 15.7. The Bertz CT molecular complexity index is 616. The highest BCUT2D eigenvalue weighted by atomic mass is 16.3. The summed E-state index contributed by atoms with van der Waals surface area (Å²) in [7, 11) is 0. The number of hydrogen-bond acceptors (Lipinski definition) is 3. The molecule has 1 aromatic rings. The summed E-state index contributed by atoms with van der Waals surface area (Å²) in [6, 6.07) is 10.1. The quantitative estimate of drug-likeness (QED) is 0.852. The Balaban J connectivity index is 1.65. The Hall–Kier alpha value is -2.14. The summed E-state index contributed by atoms with van der Waals surface area (Å²) in [5, 5.41) is 10.7. The molecular formula is C18H22N2O3. The zero-order valence-corrected chi connectivity index (χ0v) is 13.1. The van der Waals surface area contributed by atoms with Crippen LogP contribution in [0.15, 0.2) is 43.0 Å². The van der Waals surface area contributed by atoms with Crippen molar-refractivity contribution < 1.29 is 14.7 Å². The van der Waals surface area contributed by atoms with E-state index in [0.29, 0.717) is 25.6 Å². The smallest absolute Gasteiger partial charge is 0.256 e. The number of carbonyl (C=O) groups excluding carboxylic acids is 2. The van der Waals surface area contributed by atoms with Gasteiger partial charge < -0.3 is 14.9 Å². The van der Waals surface area contributed by atoms with E-state index in [0.717, 1.165) is 6.42 Å². The molecule has 2 fully saturated rings. The fraction of sp³-hybridized carbons (Fsp3) is 0.444. The van der Waals surface area contributed by atoms with Crippen LogP contribution < -0.4 is 0 Å². The van der Waals surface area contributed by atoms with Crippen molar-refractivity contribution in [1.82, 2.24) is 9.80 Å². The van der Waals surface area contributed by atoms with Crippen LogP contribution in [0.25, 0.3) is 0 Å². The van der Waals surface area contributed by atoms with Crippen LogP contribution >= 0.6 is 0 Å². The molecule has 3 rings (SSSR count). The normalized spacial score (nSPS) is 27.3. The molecule has 23 heavy (non-hydrogen) atoms. The van der Waals surface area contributed by atoms with E-state index in [9.17, 15) is 14.7 Å². The molecule has 2 aliphatic rings. The predicted octanol–water partition coefficient (Wildman–Crippen LogP) is 1.15. The van der Waals surface area contributed by atoms with Crippen molar-refractivity contribution in [3.8, 4) is 0 Å². The Labute approximate surface area is 136 Å². The molecular weight excluding hydrogens is 292 g/mol. The maximum Gasteiger partial charge on any atom is 0.256 e. The molecule has 0 aromatic heterocycles. The van der Waals surface area contributed by atoms with E-state index < -0.39 is 5.60 Å². The Morgan fingerprint density at radius 2 is 1.96 bits per heavy atom. The number of benzene rings is 1. The number of aliphatic hydroxyl groups is 1. The highest BCUT2D eigenvalue weighted by molar-refractivity contribution is 5.91. The molecule has 1 N–H and O–H groups in total. The number of nitrogens with zero attached hydrogens (tertiary/aromatic N) is 2. The van der Waals surface area contributed by atoms with E-state index in [1.165, 1.54) is 16.5 Å². The second kappa shape index (κ2) is 6.16. The van der Waals surface area contributed by atoms with E-state index in [4.69, 9.17) is 0 Å². The molecule has 2 saturated heterocycles. The van der Waals surface area contributed by atoms with Gasteiger partial charge in [-0.1, -0.05) is 36.9 Å². The first-order chi connectivity index (χ1) is 11.0. The Morgan fingerprint density at radius 1 is 1.22 bits per heavy atom. The SMILES string of the molecule is C=CC(=O)N1CCC(O)(C(=O)N2CCC(c3ccccc3)C2)C1. The minimum absolute atomic E-state index is 0.0587. The molecule has 2 aliphatic heterocycles. The van der Waals surface area contributed by atoms with Crippen LogP contribution in [-0.2, 0) is 9.59 Å². The van der Waals surface area contributed by atoms with Crippen molar-refractivity contribution in [2.45, 2.75) is 24.4 Å². The maximum absolute atomic E-state index is 12.7. The first-order valence-electron chi connectivity index (χ1n) is 8.01. The van der Waals surface area contributed by atoms with Crippen molar-refractivity contribution in [3.05, 3.63) is 48.6 Å². The number of β-amino-alcohol motifs (C(OH)–C–C–N with tert-alkyl or cyclic N) is 1. The van der Waals surface area contributed by atoms with E-state index >= 15 is 0 Å². The zero-order chi connectivity index (χ0) is 16.4. The summed E-state index contributed by atoms with van der Waals surface area (Å²) in [6.07, 6.45) is 2.41. The van der Waals surface area contributed by atoms with Gasteiger partial charge in [-0.15, -0.1) is 0 Å². The van der Waals surface area contributed by atoms with Gasteiger partial charge in [0, 0.05) is 32.0 Å². The molecule has 2 unspecified atom stereocenters. The lowest BCUT2D eigenvalue weighted by Gasteiger charge is -2.27. The fourth-order valence-corrected chi connectivity index (χ4v) is 3.52. The third-order valence-corrected chi connectivity index (χ3v) is 4.88. The van der Waals surface area contributed by atoms with Gasteiger partial charge in [0.05, 0.1) is 6.54 Å². The van der Waals surface area contributed by atoms with Gasteiger partial charge in [0.1, 0.15) is 0 Å². The van der Waals surface area contributed by atoms with Crippen LogP contribution in [0.5, 0.6) is 0 Å². The number of amides is 2. The van der Waals surface area contributed by atoms with Gasteiger partial charge in [0.2, 0.25) is 5.91 Å². The van der Waals surface area contributed by atoms with E-state index in [1.54, 1.807) is 4.90 Å². The molecule has 0 spiro atoms. The minimum Gasteiger partial charge on any atom is -0.378 e. The number of rotatable bonds is 3. The fourth-order valence-electron chi connectivity index (χ4n) is 3.52. The van der Waals surface area contributed by atoms with Crippen molar-refractivity contribution in [2.24, 2.45) is 0 Å². The van der Waals surface area contributed by atoms with Gasteiger partial charge in [-0.2, -0.15) is 0 Å². The standard InChI is InChI=1S/C18H22N2O3/c1-2-16(21)20-11-9-18(23,13-20)17(22)19-10-8-15(12-19)14-6-4-3-5-7-14/h2-7,15,23H,1,8-13H2. The molecule has 5 heteroatoms. The summed E-state index contributed by atoms with van der Waals surface area (Å²) in [5.74, 6) is -0.177. The Kier molecular flexibility index (Phi) is 4.22. The average molecular weight is 314 g/mol. The number of likely N-dealkylation sites (tertiary alicyclic amines) is 2. The topological polar surface area (TPSA) is 60.9 Å². The number of hydrogen-bond donors (Lipinski definition) is 1. The van der Waals surface area contributed by atoms with E-state index in [1.807, 2.05) is 18.2 Å². The monoisotopic (exact) mass is 314 g/mol. The molecule has 5 nitrogen and oxygen atoms in total. The first-order valence-corrected chi connectivity index (χ1v) is 8.01. The van der Waals surface area contributed by atoms with Crippen molar-refractivity contribution in [2.75, 3.05) is 26.2 Å². The predicted molar refractivity (Wildman–Crippen MR) is 86.7 cm³/mol. The summed E-state index contributed by atoms with van der Waals surface area (Å²) >= 11 is 0. The van der Waals surface area contributed by atoms with E-state index in [-0.39, 0.29) is 24.8 Å². The van der Waals surface area contributed by atoms with Crippen molar-refractivity contribution in [1.29, 1.82) is 0 Å². The molecule has 122 valence electrons. The average Bonchev–Trinajstić information content (AvgIpc) is 3.22. The lowest BCUT2D eigenvalue weighted by atomic mass is 9.98. The van der Waals surface area contributed by atoms with Gasteiger partial charge in [-0.05, 0) is 18.1 Å². The third-order valence-electron chi connectivity index (χ3n) is 4.88. The number of carbonyl (C=O) groups is 2. The van der Waals surface area contributed by atoms with Crippen LogP contribution in [0, 0.1) is 0 Å². The second-order valence-electron chi connectivity index (χ2n) is 6.39. The molecule has 2 heterocycles. The molecule has 2 amide bonds. The van der Waals surface area contributed by atoms with Crippen LogP contribution in [-0.4, -0.2) is 58.5 Å². The summed E-state index contributed by atoms with van der Waals surface area (Å²) in [5.41, 5.74) is -0.228. The summed E-state index contributed by atoms with van der Waals surface area (Å²) in [6.45, 7) is 5.18. The van der Waals surface area contributed by atoms with Gasteiger partial charge in [0.15, 0.2) is 5.60 Å². The zero-order valence-electron chi connectivity index (χ0n) is 13.1. The van der Waals surface area contributed by atoms with Gasteiger partial charge in [-0.25, -0.2) is 0 Å². The van der Waals surface area contributed by atoms with Crippen LogP contribution in [0.3, 0.4) is 0 Å². The highest BCUT2D eigenvalue weighted by Gasteiger charge is 2.47. The maximum atomic E-state index is 12.7. The van der Waals surface area contributed by atoms with Crippen LogP contribution in [0.1, 0.15) is 24.3 Å². The Morgan fingerprint density at radius 3 is 2.65 bits per heavy atom. The third kappa shape index (κ3) is 3.01. The van der Waals surface area contributed by atoms with Crippen LogP contribution in [0.2, 0.25) is 0 Å². The van der Waals surface area contributed by atoms with Gasteiger partial charge >= 0.3 is 0 Å². The molecule has 0 bridgehead atoms. The minimum atomic E-state index is -1.45. The molecule has 0 saturated carbocycles. The van der Waals surface area contributed by atoms with Gasteiger partial charge in [-0.3, -0.25) is 9.59 Å². The van der Waals surface area contributed by atoms with Crippen LogP contribution in [0.4, 0.5) is 0 Å². The van der Waals surface area contributed by atoms with Gasteiger partial charge in [0.25, 0.3) is 5.91 Å². The molecule has 0 aliphatic carbocycles. The molecule has 0 radical (unpaired) electrons. The lowest BCUT2D eigenvalue weighted by Crippen LogP contribution is -2.50. The van der Waals surface area contributed by atoms with Crippen molar-refractivity contribution >= 4 is 11.8 Å². The molecule has 1 aromatic carbocycles. The van der Waals surface area contributed by atoms with E-state index in [2.05, 4.69) is 18.7 Å².